The van der Waals surface area contributed by atoms with Gasteiger partial charge in [0.05, 0.1) is 5.69 Å². The largest absolute Gasteiger partial charge is 0.508 e. The summed E-state index contributed by atoms with van der Waals surface area (Å²) in [6.07, 6.45) is 2.47. The first-order valence-electron chi connectivity index (χ1n) is 5.99. The molecule has 1 saturated carbocycles. The Bertz CT molecular complexity index is 582. The van der Waals surface area contributed by atoms with Crippen molar-refractivity contribution >= 4 is 11.5 Å². The Hall–Kier alpha value is -2.17. The number of phenols is 1. The second kappa shape index (κ2) is 4.25. The van der Waals surface area contributed by atoms with Gasteiger partial charge < -0.3 is 5.11 Å². The number of aromatic hydroxyl groups is 1. The number of nitrogens with zero attached hydrogens (tertiary/aromatic N) is 3. The minimum absolute atomic E-state index is 0.223. The highest BCUT2D eigenvalue weighted by molar-refractivity contribution is 5.44. The summed E-state index contributed by atoms with van der Waals surface area (Å²) in [6, 6.07) is 6.59. The standard InChI is InChI=1S/C13H14N4O/c1-8-12(9-2-3-9)15-17-13(8)16-14-10-4-6-11(18)7-5-10/h4-7,9,18H,2-3H2,1H3,(H,15,17). The van der Waals surface area contributed by atoms with E-state index in [0.717, 1.165) is 5.56 Å². The van der Waals surface area contributed by atoms with Gasteiger partial charge in [0, 0.05) is 17.2 Å². The fourth-order valence-corrected chi connectivity index (χ4v) is 1.89. The van der Waals surface area contributed by atoms with E-state index in [2.05, 4.69) is 20.4 Å². The highest BCUT2D eigenvalue weighted by atomic mass is 16.3. The van der Waals surface area contributed by atoms with Gasteiger partial charge in [-0.15, -0.1) is 10.2 Å². The van der Waals surface area contributed by atoms with E-state index >= 15 is 0 Å². The number of phenolic OH excluding ortho intramolecular Hbond substituents is 1. The van der Waals surface area contributed by atoms with Gasteiger partial charge in [-0.1, -0.05) is 0 Å². The topological polar surface area (TPSA) is 73.6 Å². The number of aromatic nitrogens is 2. The molecular formula is C13H14N4O. The summed E-state index contributed by atoms with van der Waals surface area (Å²) >= 11 is 0. The molecule has 2 aromatic rings. The maximum atomic E-state index is 9.17. The summed E-state index contributed by atoms with van der Waals surface area (Å²) in [5, 5.41) is 24.6. The molecule has 1 heterocycles. The first-order valence-corrected chi connectivity index (χ1v) is 5.99. The molecule has 0 amide bonds. The summed E-state index contributed by atoms with van der Waals surface area (Å²) < 4.78 is 0. The molecule has 3 rings (SSSR count). The Morgan fingerprint density at radius 3 is 2.61 bits per heavy atom. The fraction of sp³-hybridized carbons (Fsp3) is 0.308. The van der Waals surface area contributed by atoms with Gasteiger partial charge in [-0.05, 0) is 44.0 Å². The predicted octanol–water partition coefficient (Wildman–Crippen LogP) is 3.72. The van der Waals surface area contributed by atoms with E-state index < -0.39 is 0 Å². The van der Waals surface area contributed by atoms with E-state index in [1.807, 2.05) is 6.92 Å². The molecule has 1 aliphatic carbocycles. The average Bonchev–Trinajstić information content (AvgIpc) is 3.14. The van der Waals surface area contributed by atoms with E-state index in [9.17, 15) is 0 Å². The highest BCUT2D eigenvalue weighted by Crippen LogP contribution is 2.42. The van der Waals surface area contributed by atoms with Crippen molar-refractivity contribution in [1.82, 2.24) is 10.2 Å². The Balaban J connectivity index is 1.81. The lowest BCUT2D eigenvalue weighted by Crippen LogP contribution is -1.81. The summed E-state index contributed by atoms with van der Waals surface area (Å²) in [6.45, 7) is 2.02. The van der Waals surface area contributed by atoms with E-state index in [-0.39, 0.29) is 5.75 Å². The second-order valence-corrected chi connectivity index (χ2v) is 4.58. The number of hydrogen-bond donors (Lipinski definition) is 2. The van der Waals surface area contributed by atoms with Crippen LogP contribution in [-0.4, -0.2) is 15.3 Å². The zero-order valence-electron chi connectivity index (χ0n) is 10.1. The Kier molecular flexibility index (Phi) is 2.59. The van der Waals surface area contributed by atoms with Crippen molar-refractivity contribution in [1.29, 1.82) is 0 Å². The van der Waals surface area contributed by atoms with Crippen molar-refractivity contribution in [3.63, 3.8) is 0 Å². The van der Waals surface area contributed by atoms with E-state index in [4.69, 9.17) is 5.11 Å². The Morgan fingerprint density at radius 1 is 1.22 bits per heavy atom. The molecule has 1 fully saturated rings. The van der Waals surface area contributed by atoms with Crippen LogP contribution in [0, 0.1) is 6.92 Å². The van der Waals surface area contributed by atoms with Crippen LogP contribution >= 0.6 is 0 Å². The van der Waals surface area contributed by atoms with Crippen LogP contribution in [-0.2, 0) is 0 Å². The monoisotopic (exact) mass is 242 g/mol. The van der Waals surface area contributed by atoms with Crippen molar-refractivity contribution in [2.75, 3.05) is 0 Å². The molecule has 0 atom stereocenters. The van der Waals surface area contributed by atoms with Crippen molar-refractivity contribution < 1.29 is 5.11 Å². The predicted molar refractivity (Wildman–Crippen MR) is 67.6 cm³/mol. The molecule has 5 nitrogen and oxygen atoms in total. The first-order chi connectivity index (χ1) is 8.74. The molecule has 0 unspecified atom stereocenters. The molecule has 18 heavy (non-hydrogen) atoms. The van der Waals surface area contributed by atoms with Gasteiger partial charge in [0.2, 0.25) is 0 Å². The number of nitrogens with one attached hydrogen (secondary N) is 1. The third-order valence-corrected chi connectivity index (χ3v) is 3.12. The smallest absolute Gasteiger partial charge is 0.198 e. The van der Waals surface area contributed by atoms with Gasteiger partial charge in [0.1, 0.15) is 5.75 Å². The number of rotatable bonds is 3. The molecule has 1 aromatic carbocycles. The molecule has 1 aliphatic rings. The molecule has 2 N–H and O–H groups in total. The SMILES string of the molecule is Cc1c(N=Nc2ccc(O)cc2)n[nH]c1C1CC1. The van der Waals surface area contributed by atoms with Gasteiger partial charge >= 0.3 is 0 Å². The maximum absolute atomic E-state index is 9.17. The summed E-state index contributed by atoms with van der Waals surface area (Å²) in [5.74, 6) is 1.50. The highest BCUT2D eigenvalue weighted by Gasteiger charge is 2.28. The second-order valence-electron chi connectivity index (χ2n) is 4.58. The summed E-state index contributed by atoms with van der Waals surface area (Å²) in [7, 11) is 0. The van der Waals surface area contributed by atoms with Crippen LogP contribution in [0.1, 0.15) is 30.0 Å². The number of azo groups is 1. The average molecular weight is 242 g/mol. The molecular weight excluding hydrogens is 228 g/mol. The molecule has 0 saturated heterocycles. The van der Waals surface area contributed by atoms with Crippen molar-refractivity contribution in [2.45, 2.75) is 25.7 Å². The first kappa shape index (κ1) is 11.0. The zero-order valence-corrected chi connectivity index (χ0v) is 10.1. The van der Waals surface area contributed by atoms with E-state index in [1.165, 1.54) is 18.5 Å². The molecule has 92 valence electrons. The summed E-state index contributed by atoms with van der Waals surface area (Å²) in [4.78, 5) is 0. The van der Waals surface area contributed by atoms with Gasteiger partial charge in [-0.3, -0.25) is 5.10 Å². The minimum atomic E-state index is 0.223. The third-order valence-electron chi connectivity index (χ3n) is 3.12. The van der Waals surface area contributed by atoms with Crippen LogP contribution in [0.3, 0.4) is 0 Å². The minimum Gasteiger partial charge on any atom is -0.508 e. The van der Waals surface area contributed by atoms with Crippen molar-refractivity contribution in [3.8, 4) is 5.75 Å². The van der Waals surface area contributed by atoms with Crippen molar-refractivity contribution in [3.05, 3.63) is 35.5 Å². The fourth-order valence-electron chi connectivity index (χ4n) is 1.89. The van der Waals surface area contributed by atoms with Crippen LogP contribution in [0.5, 0.6) is 5.75 Å². The zero-order chi connectivity index (χ0) is 12.5. The van der Waals surface area contributed by atoms with Gasteiger partial charge in [0.15, 0.2) is 5.82 Å². The van der Waals surface area contributed by atoms with E-state index in [1.54, 1.807) is 24.3 Å². The molecule has 0 bridgehead atoms. The van der Waals surface area contributed by atoms with Gasteiger partial charge in [-0.25, -0.2) is 0 Å². The molecule has 5 heteroatoms. The summed E-state index contributed by atoms with van der Waals surface area (Å²) in [5.41, 5.74) is 2.97. The van der Waals surface area contributed by atoms with Crippen LogP contribution in [0.25, 0.3) is 0 Å². The lowest BCUT2D eigenvalue weighted by Gasteiger charge is -1.94. The number of hydrogen-bond acceptors (Lipinski definition) is 4. The van der Waals surface area contributed by atoms with Gasteiger partial charge in [0.25, 0.3) is 0 Å². The van der Waals surface area contributed by atoms with Gasteiger partial charge in [-0.2, -0.15) is 5.10 Å². The maximum Gasteiger partial charge on any atom is 0.198 e. The quantitative estimate of drug-likeness (QED) is 0.805. The Morgan fingerprint density at radius 2 is 1.94 bits per heavy atom. The van der Waals surface area contributed by atoms with Crippen LogP contribution < -0.4 is 0 Å². The lowest BCUT2D eigenvalue weighted by molar-refractivity contribution is 0.475. The molecule has 0 radical (unpaired) electrons. The number of H-pyrrole nitrogens is 1. The third kappa shape index (κ3) is 2.11. The Labute approximate surface area is 105 Å². The van der Waals surface area contributed by atoms with Crippen LogP contribution in [0.2, 0.25) is 0 Å². The molecule has 0 spiro atoms. The lowest BCUT2D eigenvalue weighted by atomic mass is 10.2. The molecule has 0 aliphatic heterocycles. The van der Waals surface area contributed by atoms with E-state index in [0.29, 0.717) is 17.4 Å². The normalized spacial score (nSPS) is 15.4. The number of aromatic amines is 1. The van der Waals surface area contributed by atoms with Crippen LogP contribution in [0.15, 0.2) is 34.5 Å². The van der Waals surface area contributed by atoms with Crippen molar-refractivity contribution in [2.24, 2.45) is 10.2 Å². The molecule has 1 aromatic heterocycles. The van der Waals surface area contributed by atoms with Crippen LogP contribution in [0.4, 0.5) is 11.5 Å². The number of benzene rings is 1.